The van der Waals surface area contributed by atoms with Crippen molar-refractivity contribution in [2.24, 2.45) is 0 Å². The van der Waals surface area contributed by atoms with Crippen molar-refractivity contribution in [2.45, 2.75) is 12.5 Å². The molecule has 0 aliphatic carbocycles. The van der Waals surface area contributed by atoms with Crippen molar-refractivity contribution in [2.75, 3.05) is 20.6 Å². The van der Waals surface area contributed by atoms with Crippen LogP contribution in [0.2, 0.25) is 0 Å². The number of nitrogens with zero attached hydrogens (tertiary/aromatic N) is 1. The first-order valence-corrected chi connectivity index (χ1v) is 3.67. The van der Waals surface area contributed by atoms with Crippen LogP contribution in [0.4, 0.5) is 0 Å². The van der Waals surface area contributed by atoms with E-state index in [9.17, 15) is 9.90 Å². The molecule has 0 amide bonds. The van der Waals surface area contributed by atoms with Crippen molar-refractivity contribution in [1.29, 1.82) is 0 Å². The van der Waals surface area contributed by atoms with E-state index >= 15 is 0 Å². The van der Waals surface area contributed by atoms with E-state index in [1.54, 1.807) is 4.90 Å². The topological polar surface area (TPSA) is 60.8 Å². The largest absolute Gasteiger partial charge is 0.478 e. The van der Waals surface area contributed by atoms with Crippen LogP contribution in [-0.2, 0) is 4.79 Å². The van der Waals surface area contributed by atoms with Gasteiger partial charge in [0.2, 0.25) is 0 Å². The predicted octanol–water partition coefficient (Wildman–Crippen LogP) is -0.0602. The number of hydrogen-bond acceptors (Lipinski definition) is 3. The predicted molar refractivity (Wildman–Crippen MR) is 46.0 cm³/mol. The molecule has 0 rings (SSSR count). The normalized spacial score (nSPS) is 13.0. The van der Waals surface area contributed by atoms with E-state index in [2.05, 4.69) is 6.58 Å². The Morgan fingerprint density at radius 2 is 2.08 bits per heavy atom. The SMILES string of the molecule is C=C(CC(O)CN(C)C)C(=O)O. The number of rotatable bonds is 5. The molecule has 12 heavy (non-hydrogen) atoms. The molecule has 0 aliphatic rings. The molecular formula is C8H15NO3. The summed E-state index contributed by atoms with van der Waals surface area (Å²) in [5.74, 6) is -1.05. The van der Waals surface area contributed by atoms with Crippen LogP contribution in [0.1, 0.15) is 6.42 Å². The quantitative estimate of drug-likeness (QED) is 0.572. The van der Waals surface area contributed by atoms with E-state index in [0.29, 0.717) is 6.54 Å². The summed E-state index contributed by atoms with van der Waals surface area (Å²) in [7, 11) is 3.62. The Bertz CT molecular complexity index is 177. The number of aliphatic hydroxyl groups excluding tert-OH is 1. The summed E-state index contributed by atoms with van der Waals surface area (Å²) in [6.45, 7) is 3.77. The monoisotopic (exact) mass is 173 g/mol. The van der Waals surface area contributed by atoms with Gasteiger partial charge in [0.05, 0.1) is 6.10 Å². The maximum atomic E-state index is 10.3. The van der Waals surface area contributed by atoms with E-state index in [1.807, 2.05) is 14.1 Å². The molecule has 0 fully saturated rings. The highest BCUT2D eigenvalue weighted by atomic mass is 16.4. The first-order chi connectivity index (χ1) is 5.43. The first kappa shape index (κ1) is 11.1. The lowest BCUT2D eigenvalue weighted by atomic mass is 10.1. The summed E-state index contributed by atoms with van der Waals surface area (Å²) in [5.41, 5.74) is 0.0457. The molecule has 4 nitrogen and oxygen atoms in total. The molecule has 0 saturated heterocycles. The molecule has 0 bridgehead atoms. The number of carbonyl (C=O) groups is 1. The van der Waals surface area contributed by atoms with Gasteiger partial charge in [0.1, 0.15) is 0 Å². The lowest BCUT2D eigenvalue weighted by Gasteiger charge is -2.15. The van der Waals surface area contributed by atoms with Crippen LogP contribution in [0, 0.1) is 0 Å². The van der Waals surface area contributed by atoms with Gasteiger partial charge in [-0.3, -0.25) is 0 Å². The lowest BCUT2D eigenvalue weighted by molar-refractivity contribution is -0.133. The second-order valence-electron chi connectivity index (χ2n) is 3.03. The molecule has 1 atom stereocenters. The average molecular weight is 173 g/mol. The van der Waals surface area contributed by atoms with Crippen LogP contribution in [0.3, 0.4) is 0 Å². The van der Waals surface area contributed by atoms with Crippen molar-refractivity contribution in [3.05, 3.63) is 12.2 Å². The van der Waals surface area contributed by atoms with Gasteiger partial charge in [-0.25, -0.2) is 4.79 Å². The highest BCUT2D eigenvalue weighted by Crippen LogP contribution is 2.03. The van der Waals surface area contributed by atoms with E-state index in [0.717, 1.165) is 0 Å². The zero-order valence-electron chi connectivity index (χ0n) is 7.45. The van der Waals surface area contributed by atoms with Gasteiger partial charge in [-0.15, -0.1) is 0 Å². The third kappa shape index (κ3) is 4.87. The standard InChI is InChI=1S/C8H15NO3/c1-6(8(11)12)4-7(10)5-9(2)3/h7,10H,1,4-5H2,2-3H3,(H,11,12). The molecule has 0 heterocycles. The smallest absolute Gasteiger partial charge is 0.331 e. The van der Waals surface area contributed by atoms with Gasteiger partial charge in [0.25, 0.3) is 0 Å². The number of aliphatic hydroxyl groups is 1. The molecule has 0 aromatic heterocycles. The molecule has 0 aliphatic heterocycles. The van der Waals surface area contributed by atoms with E-state index in [4.69, 9.17) is 5.11 Å². The molecule has 0 saturated carbocycles. The van der Waals surface area contributed by atoms with E-state index in [1.165, 1.54) is 0 Å². The van der Waals surface area contributed by atoms with Gasteiger partial charge < -0.3 is 15.1 Å². The molecule has 70 valence electrons. The van der Waals surface area contributed by atoms with Crippen LogP contribution in [0.5, 0.6) is 0 Å². The highest BCUT2D eigenvalue weighted by Gasteiger charge is 2.11. The molecule has 4 heteroatoms. The van der Waals surface area contributed by atoms with Crippen molar-refractivity contribution in [3.63, 3.8) is 0 Å². The molecule has 0 spiro atoms. The van der Waals surface area contributed by atoms with Crippen LogP contribution in [0.25, 0.3) is 0 Å². The van der Waals surface area contributed by atoms with Gasteiger partial charge in [0.15, 0.2) is 0 Å². The molecule has 1 unspecified atom stereocenters. The number of hydrogen-bond donors (Lipinski definition) is 2. The van der Waals surface area contributed by atoms with Gasteiger partial charge >= 0.3 is 5.97 Å². The van der Waals surface area contributed by atoms with Crippen molar-refractivity contribution in [1.82, 2.24) is 4.90 Å². The number of carboxylic acids is 1. The Balaban J connectivity index is 3.76. The zero-order chi connectivity index (χ0) is 9.72. The summed E-state index contributed by atoms with van der Waals surface area (Å²) < 4.78 is 0. The minimum Gasteiger partial charge on any atom is -0.478 e. The Hall–Kier alpha value is -0.870. The van der Waals surface area contributed by atoms with Gasteiger partial charge in [-0.05, 0) is 14.1 Å². The summed E-state index contributed by atoms with van der Waals surface area (Å²) in [4.78, 5) is 12.1. The fourth-order valence-electron chi connectivity index (χ4n) is 0.858. The van der Waals surface area contributed by atoms with Crippen LogP contribution in [-0.4, -0.2) is 47.8 Å². The molecule has 0 aromatic rings. The van der Waals surface area contributed by atoms with Crippen molar-refractivity contribution in [3.8, 4) is 0 Å². The average Bonchev–Trinajstić information content (AvgIpc) is 1.84. The van der Waals surface area contributed by atoms with Crippen molar-refractivity contribution >= 4 is 5.97 Å². The number of likely N-dealkylation sites (N-methyl/N-ethyl adjacent to an activating group) is 1. The minimum atomic E-state index is -1.05. The highest BCUT2D eigenvalue weighted by molar-refractivity contribution is 5.85. The first-order valence-electron chi connectivity index (χ1n) is 3.67. The summed E-state index contributed by atoms with van der Waals surface area (Å²) in [6, 6.07) is 0. The Morgan fingerprint density at radius 1 is 1.58 bits per heavy atom. The second-order valence-corrected chi connectivity index (χ2v) is 3.03. The van der Waals surface area contributed by atoms with Gasteiger partial charge in [-0.2, -0.15) is 0 Å². The fraction of sp³-hybridized carbons (Fsp3) is 0.625. The summed E-state index contributed by atoms with van der Waals surface area (Å²) in [5, 5.41) is 17.7. The Kier molecular flexibility index (Phi) is 4.54. The van der Waals surface area contributed by atoms with Gasteiger partial charge in [0, 0.05) is 18.5 Å². The van der Waals surface area contributed by atoms with E-state index < -0.39 is 12.1 Å². The number of carboxylic acid groups (broad SMARTS) is 1. The molecule has 0 aromatic carbocycles. The third-order valence-electron chi connectivity index (χ3n) is 1.36. The van der Waals surface area contributed by atoms with Crippen LogP contribution in [0.15, 0.2) is 12.2 Å². The Labute approximate surface area is 72.1 Å². The van der Waals surface area contributed by atoms with Crippen LogP contribution < -0.4 is 0 Å². The maximum Gasteiger partial charge on any atom is 0.331 e. The summed E-state index contributed by atoms with van der Waals surface area (Å²) >= 11 is 0. The Morgan fingerprint density at radius 3 is 2.42 bits per heavy atom. The van der Waals surface area contributed by atoms with Gasteiger partial charge in [-0.1, -0.05) is 6.58 Å². The zero-order valence-corrected chi connectivity index (χ0v) is 7.45. The minimum absolute atomic E-state index is 0.0457. The molecule has 0 radical (unpaired) electrons. The number of aliphatic carboxylic acids is 1. The molecule has 2 N–H and O–H groups in total. The third-order valence-corrected chi connectivity index (χ3v) is 1.36. The van der Waals surface area contributed by atoms with Crippen molar-refractivity contribution < 1.29 is 15.0 Å². The van der Waals surface area contributed by atoms with E-state index in [-0.39, 0.29) is 12.0 Å². The summed E-state index contributed by atoms with van der Waals surface area (Å²) in [6.07, 6.45) is -0.531. The molecular weight excluding hydrogens is 158 g/mol. The fourth-order valence-corrected chi connectivity index (χ4v) is 0.858. The lowest BCUT2D eigenvalue weighted by Crippen LogP contribution is -2.26. The maximum absolute atomic E-state index is 10.3. The second kappa shape index (κ2) is 4.90. The van der Waals surface area contributed by atoms with Crippen LogP contribution >= 0.6 is 0 Å².